The second kappa shape index (κ2) is 4.89. The van der Waals surface area contributed by atoms with Gasteiger partial charge < -0.3 is 14.9 Å². The number of hydrogen-bond acceptors (Lipinski definition) is 3. The van der Waals surface area contributed by atoms with Crippen molar-refractivity contribution in [1.29, 1.82) is 0 Å². The van der Waals surface area contributed by atoms with Crippen LogP contribution < -0.4 is 10.5 Å². The lowest BCUT2D eigenvalue weighted by atomic mass is 9.86. The van der Waals surface area contributed by atoms with Crippen LogP contribution in [0.1, 0.15) is 51.5 Å². The predicted octanol–water partition coefficient (Wildman–Crippen LogP) is 4.15. The molecule has 0 saturated heterocycles. The van der Waals surface area contributed by atoms with Crippen molar-refractivity contribution in [3.8, 4) is 5.75 Å². The van der Waals surface area contributed by atoms with E-state index in [1.165, 1.54) is 0 Å². The summed E-state index contributed by atoms with van der Waals surface area (Å²) in [6, 6.07) is 6.03. The maximum absolute atomic E-state index is 6.06. The summed E-state index contributed by atoms with van der Waals surface area (Å²) in [6.45, 7) is 8.57. The first-order chi connectivity index (χ1) is 8.86. The van der Waals surface area contributed by atoms with E-state index in [4.69, 9.17) is 14.9 Å². The van der Waals surface area contributed by atoms with Crippen LogP contribution in [0, 0.1) is 0 Å². The first-order valence-corrected chi connectivity index (χ1v) is 6.74. The molecule has 1 atom stereocenters. The lowest BCUT2D eigenvalue weighted by molar-refractivity contribution is 0.412. The number of methoxy groups -OCH3 is 1. The summed E-state index contributed by atoms with van der Waals surface area (Å²) >= 11 is 0. The first-order valence-electron chi connectivity index (χ1n) is 6.74. The molecule has 1 heterocycles. The maximum Gasteiger partial charge on any atom is 0.138 e. The minimum absolute atomic E-state index is 0.00176. The molecule has 0 aliphatic rings. The van der Waals surface area contributed by atoms with E-state index in [9.17, 15) is 0 Å². The Bertz CT molecular complexity index is 578. The number of furan rings is 1. The van der Waals surface area contributed by atoms with Gasteiger partial charge in [-0.1, -0.05) is 27.7 Å². The molecule has 2 rings (SSSR count). The minimum Gasteiger partial charge on any atom is -0.497 e. The predicted molar refractivity (Wildman–Crippen MR) is 78.7 cm³/mol. The van der Waals surface area contributed by atoms with E-state index in [0.29, 0.717) is 0 Å². The monoisotopic (exact) mass is 261 g/mol. The van der Waals surface area contributed by atoms with Gasteiger partial charge in [-0.3, -0.25) is 0 Å². The summed E-state index contributed by atoms with van der Waals surface area (Å²) < 4.78 is 11.4. The molecule has 19 heavy (non-hydrogen) atoms. The standard InChI is InChI=1S/C16H23NO2/c1-6-13(17)14-8-10-7-11(18-5)9-12(15(10)19-14)16(2,3)4/h7-9,13H,6,17H2,1-5H3. The molecule has 0 spiro atoms. The molecule has 3 nitrogen and oxygen atoms in total. The Kier molecular flexibility index (Phi) is 3.59. The van der Waals surface area contributed by atoms with Gasteiger partial charge in [0.25, 0.3) is 0 Å². The second-order valence-electron chi connectivity index (χ2n) is 6.01. The Hall–Kier alpha value is -1.48. The quantitative estimate of drug-likeness (QED) is 0.903. The van der Waals surface area contributed by atoms with Gasteiger partial charge in [-0.05, 0) is 30.0 Å². The second-order valence-corrected chi connectivity index (χ2v) is 6.01. The molecular weight excluding hydrogens is 238 g/mol. The zero-order valence-corrected chi connectivity index (χ0v) is 12.4. The summed E-state index contributed by atoms with van der Waals surface area (Å²) in [6.07, 6.45) is 0.863. The number of fused-ring (bicyclic) bond motifs is 1. The van der Waals surface area contributed by atoms with E-state index in [-0.39, 0.29) is 11.5 Å². The number of benzene rings is 1. The normalized spacial score (nSPS) is 13.8. The van der Waals surface area contributed by atoms with Crippen LogP contribution in [0.25, 0.3) is 11.0 Å². The summed E-state index contributed by atoms with van der Waals surface area (Å²) in [5, 5.41) is 1.06. The van der Waals surface area contributed by atoms with Gasteiger partial charge in [0.1, 0.15) is 17.1 Å². The van der Waals surface area contributed by atoms with Crippen molar-refractivity contribution in [3.05, 3.63) is 29.5 Å². The highest BCUT2D eigenvalue weighted by Gasteiger charge is 2.22. The Balaban J connectivity index is 2.68. The van der Waals surface area contributed by atoms with Crippen LogP contribution in [-0.4, -0.2) is 7.11 Å². The molecule has 104 valence electrons. The summed E-state index contributed by atoms with van der Waals surface area (Å²) in [4.78, 5) is 0. The minimum atomic E-state index is -0.0498. The largest absolute Gasteiger partial charge is 0.497 e. The molecule has 1 aromatic heterocycles. The highest BCUT2D eigenvalue weighted by Crippen LogP contribution is 2.36. The summed E-state index contributed by atoms with van der Waals surface area (Å²) in [7, 11) is 1.69. The lowest BCUT2D eigenvalue weighted by Gasteiger charge is -2.20. The third-order valence-corrected chi connectivity index (χ3v) is 3.46. The van der Waals surface area contributed by atoms with Gasteiger partial charge >= 0.3 is 0 Å². The molecular formula is C16H23NO2. The third-order valence-electron chi connectivity index (χ3n) is 3.46. The molecule has 0 bridgehead atoms. The van der Waals surface area contributed by atoms with Crippen LogP contribution in [0.5, 0.6) is 5.75 Å². The van der Waals surface area contributed by atoms with Gasteiger partial charge in [0.15, 0.2) is 0 Å². The van der Waals surface area contributed by atoms with Gasteiger partial charge in [0.2, 0.25) is 0 Å². The van der Waals surface area contributed by atoms with E-state index in [2.05, 4.69) is 27.7 Å². The van der Waals surface area contributed by atoms with E-state index in [0.717, 1.165) is 34.5 Å². The smallest absolute Gasteiger partial charge is 0.138 e. The average Bonchev–Trinajstić information content (AvgIpc) is 2.78. The fraction of sp³-hybridized carbons (Fsp3) is 0.500. The Morgan fingerprint density at radius 3 is 2.47 bits per heavy atom. The van der Waals surface area contributed by atoms with Crippen molar-refractivity contribution in [2.24, 2.45) is 5.73 Å². The van der Waals surface area contributed by atoms with Gasteiger partial charge in [-0.2, -0.15) is 0 Å². The molecule has 0 fully saturated rings. The van der Waals surface area contributed by atoms with Crippen molar-refractivity contribution in [1.82, 2.24) is 0 Å². The number of rotatable bonds is 3. The summed E-state index contributed by atoms with van der Waals surface area (Å²) in [5.41, 5.74) is 8.13. The first kappa shape index (κ1) is 13.9. The van der Waals surface area contributed by atoms with Crippen molar-refractivity contribution >= 4 is 11.0 Å². The highest BCUT2D eigenvalue weighted by atomic mass is 16.5. The van der Waals surface area contributed by atoms with Crippen LogP contribution in [0.4, 0.5) is 0 Å². The van der Waals surface area contributed by atoms with Crippen molar-refractivity contribution in [2.75, 3.05) is 7.11 Å². The van der Waals surface area contributed by atoms with E-state index >= 15 is 0 Å². The van der Waals surface area contributed by atoms with Crippen LogP contribution in [-0.2, 0) is 5.41 Å². The molecule has 3 heteroatoms. The molecule has 2 aromatic rings. The zero-order chi connectivity index (χ0) is 14.2. The molecule has 0 aliphatic carbocycles. The van der Waals surface area contributed by atoms with Gasteiger partial charge in [0.05, 0.1) is 13.2 Å². The van der Waals surface area contributed by atoms with E-state index in [1.807, 2.05) is 18.2 Å². The number of hydrogen-bond donors (Lipinski definition) is 1. The molecule has 1 aromatic carbocycles. The molecule has 0 saturated carbocycles. The van der Waals surface area contributed by atoms with Crippen LogP contribution in [0.15, 0.2) is 22.6 Å². The molecule has 0 aliphatic heterocycles. The zero-order valence-electron chi connectivity index (χ0n) is 12.4. The fourth-order valence-corrected chi connectivity index (χ4v) is 2.20. The summed E-state index contributed by atoms with van der Waals surface area (Å²) in [5.74, 6) is 1.70. The Morgan fingerprint density at radius 2 is 1.95 bits per heavy atom. The average molecular weight is 261 g/mol. The topological polar surface area (TPSA) is 48.4 Å². The SMILES string of the molecule is CCC(N)c1cc2cc(OC)cc(C(C)(C)C)c2o1. The Labute approximate surface area is 114 Å². The van der Waals surface area contributed by atoms with Crippen LogP contribution >= 0.6 is 0 Å². The van der Waals surface area contributed by atoms with Crippen molar-refractivity contribution in [2.45, 2.75) is 45.6 Å². The van der Waals surface area contributed by atoms with Gasteiger partial charge in [0, 0.05) is 10.9 Å². The van der Waals surface area contributed by atoms with E-state index in [1.54, 1.807) is 7.11 Å². The Morgan fingerprint density at radius 1 is 1.26 bits per heavy atom. The maximum atomic E-state index is 6.06. The highest BCUT2D eigenvalue weighted by molar-refractivity contribution is 5.84. The number of ether oxygens (including phenoxy) is 1. The van der Waals surface area contributed by atoms with Gasteiger partial charge in [-0.15, -0.1) is 0 Å². The molecule has 1 unspecified atom stereocenters. The fourth-order valence-electron chi connectivity index (χ4n) is 2.20. The molecule has 2 N–H and O–H groups in total. The molecule has 0 amide bonds. The van der Waals surface area contributed by atoms with Gasteiger partial charge in [-0.25, -0.2) is 0 Å². The number of nitrogens with two attached hydrogens (primary N) is 1. The lowest BCUT2D eigenvalue weighted by Crippen LogP contribution is -2.11. The van der Waals surface area contributed by atoms with Crippen LogP contribution in [0.3, 0.4) is 0 Å². The van der Waals surface area contributed by atoms with Crippen molar-refractivity contribution in [3.63, 3.8) is 0 Å². The van der Waals surface area contributed by atoms with Crippen molar-refractivity contribution < 1.29 is 9.15 Å². The third kappa shape index (κ3) is 2.61. The van der Waals surface area contributed by atoms with E-state index < -0.39 is 0 Å². The van der Waals surface area contributed by atoms with Crippen LogP contribution in [0.2, 0.25) is 0 Å². The molecule has 0 radical (unpaired) electrons.